The van der Waals surface area contributed by atoms with Crippen molar-refractivity contribution in [2.75, 3.05) is 13.2 Å². The number of nitrogens with one attached hydrogen (secondary N) is 1. The summed E-state index contributed by atoms with van der Waals surface area (Å²) in [6.45, 7) is 6.01. The summed E-state index contributed by atoms with van der Waals surface area (Å²) < 4.78 is 0. The predicted octanol–water partition coefficient (Wildman–Crippen LogP) is 1.98. The first-order chi connectivity index (χ1) is 7.66. The molecule has 3 heteroatoms. The molecule has 0 aromatic heterocycles. The van der Waals surface area contributed by atoms with Gasteiger partial charge in [-0.3, -0.25) is 10.1 Å². The van der Waals surface area contributed by atoms with Gasteiger partial charge in [-0.05, 0) is 31.6 Å². The van der Waals surface area contributed by atoms with Gasteiger partial charge < -0.3 is 4.90 Å². The third-order valence-corrected chi connectivity index (χ3v) is 4.12. The highest BCUT2D eigenvalue weighted by Crippen LogP contribution is 2.30. The fourth-order valence-electron chi connectivity index (χ4n) is 3.04. The number of amides is 1. The zero-order valence-corrected chi connectivity index (χ0v) is 10.5. The molecule has 92 valence electrons. The van der Waals surface area contributed by atoms with Crippen LogP contribution in [0.2, 0.25) is 0 Å². The summed E-state index contributed by atoms with van der Waals surface area (Å²) in [7, 11) is 0. The van der Waals surface area contributed by atoms with Gasteiger partial charge in [-0.25, -0.2) is 0 Å². The van der Waals surface area contributed by atoms with Crippen LogP contribution in [0.1, 0.15) is 46.0 Å². The van der Waals surface area contributed by atoms with E-state index >= 15 is 0 Å². The molecule has 0 aromatic rings. The summed E-state index contributed by atoms with van der Waals surface area (Å²) in [5, 5.41) is 3.19. The van der Waals surface area contributed by atoms with Crippen molar-refractivity contribution >= 4 is 5.91 Å². The third kappa shape index (κ3) is 2.76. The number of hydrogen-bond acceptors (Lipinski definition) is 2. The second kappa shape index (κ2) is 5.17. The molecule has 0 radical (unpaired) electrons. The maximum atomic E-state index is 11.7. The highest BCUT2D eigenvalue weighted by Gasteiger charge is 2.28. The molecule has 16 heavy (non-hydrogen) atoms. The Hall–Kier alpha value is -0.570. The van der Waals surface area contributed by atoms with E-state index in [0.717, 1.165) is 25.0 Å². The molecule has 3 nitrogen and oxygen atoms in total. The summed E-state index contributed by atoms with van der Waals surface area (Å²) in [5.41, 5.74) is 0. The molecule has 3 atom stereocenters. The molecule has 1 saturated heterocycles. The third-order valence-electron chi connectivity index (χ3n) is 4.12. The van der Waals surface area contributed by atoms with Crippen LogP contribution < -0.4 is 5.32 Å². The molecular weight excluding hydrogens is 200 g/mol. The highest BCUT2D eigenvalue weighted by atomic mass is 16.2. The summed E-state index contributed by atoms with van der Waals surface area (Å²) in [5.74, 6) is 2.03. The van der Waals surface area contributed by atoms with Crippen LogP contribution in [0, 0.1) is 11.8 Å². The SMILES string of the molecule is CC1CCCC(CCN2CNC(C)C2=O)C1. The Morgan fingerprint density at radius 1 is 1.38 bits per heavy atom. The Kier molecular flexibility index (Phi) is 3.85. The number of hydrogen-bond donors (Lipinski definition) is 1. The van der Waals surface area contributed by atoms with Crippen molar-refractivity contribution in [3.8, 4) is 0 Å². The number of nitrogens with zero attached hydrogens (tertiary/aromatic N) is 1. The van der Waals surface area contributed by atoms with Gasteiger partial charge in [-0.15, -0.1) is 0 Å². The molecular formula is C13H24N2O. The molecule has 0 bridgehead atoms. The van der Waals surface area contributed by atoms with Crippen LogP contribution in [0.4, 0.5) is 0 Å². The standard InChI is InChI=1S/C13H24N2O/c1-10-4-3-5-12(8-10)6-7-15-9-14-11(2)13(15)16/h10-12,14H,3-9H2,1-2H3. The monoisotopic (exact) mass is 224 g/mol. The van der Waals surface area contributed by atoms with E-state index in [1.807, 2.05) is 11.8 Å². The first-order valence-corrected chi connectivity index (χ1v) is 6.69. The van der Waals surface area contributed by atoms with Crippen molar-refractivity contribution in [1.82, 2.24) is 10.2 Å². The Labute approximate surface area is 98.6 Å². The molecule has 1 amide bonds. The van der Waals surface area contributed by atoms with Crippen LogP contribution in [-0.2, 0) is 4.79 Å². The van der Waals surface area contributed by atoms with E-state index < -0.39 is 0 Å². The normalized spacial score (nSPS) is 35.8. The van der Waals surface area contributed by atoms with Crippen LogP contribution >= 0.6 is 0 Å². The van der Waals surface area contributed by atoms with Gasteiger partial charge in [0.25, 0.3) is 0 Å². The summed E-state index contributed by atoms with van der Waals surface area (Å²) >= 11 is 0. The van der Waals surface area contributed by atoms with E-state index in [1.54, 1.807) is 0 Å². The largest absolute Gasteiger partial charge is 0.329 e. The fraction of sp³-hybridized carbons (Fsp3) is 0.923. The van der Waals surface area contributed by atoms with Gasteiger partial charge in [0.15, 0.2) is 0 Å². The van der Waals surface area contributed by atoms with Crippen LogP contribution in [0.5, 0.6) is 0 Å². The van der Waals surface area contributed by atoms with Crippen molar-refractivity contribution in [2.24, 2.45) is 11.8 Å². The van der Waals surface area contributed by atoms with Crippen LogP contribution in [0.15, 0.2) is 0 Å². The first kappa shape index (κ1) is 11.9. The van der Waals surface area contributed by atoms with E-state index in [-0.39, 0.29) is 11.9 Å². The van der Waals surface area contributed by atoms with E-state index in [9.17, 15) is 4.79 Å². The summed E-state index contributed by atoms with van der Waals surface area (Å²) in [6.07, 6.45) is 6.72. The molecule has 0 aromatic carbocycles. The Balaban J connectivity index is 1.73. The second-order valence-corrected chi connectivity index (χ2v) is 5.61. The van der Waals surface area contributed by atoms with Gasteiger partial charge in [0.05, 0.1) is 12.7 Å². The van der Waals surface area contributed by atoms with Gasteiger partial charge in [-0.1, -0.05) is 26.2 Å². The van der Waals surface area contributed by atoms with Crippen molar-refractivity contribution < 1.29 is 4.79 Å². The minimum absolute atomic E-state index is 0.0327. The van der Waals surface area contributed by atoms with E-state index in [1.165, 1.54) is 32.1 Å². The number of carbonyl (C=O) groups is 1. The lowest BCUT2D eigenvalue weighted by molar-refractivity contribution is -0.128. The molecule has 2 aliphatic rings. The Morgan fingerprint density at radius 3 is 2.81 bits per heavy atom. The zero-order chi connectivity index (χ0) is 11.5. The van der Waals surface area contributed by atoms with Gasteiger partial charge in [0.2, 0.25) is 5.91 Å². The molecule has 2 rings (SSSR count). The topological polar surface area (TPSA) is 32.3 Å². The van der Waals surface area contributed by atoms with Gasteiger partial charge in [-0.2, -0.15) is 0 Å². The maximum Gasteiger partial charge on any atom is 0.240 e. The first-order valence-electron chi connectivity index (χ1n) is 6.69. The van der Waals surface area contributed by atoms with Crippen molar-refractivity contribution in [3.63, 3.8) is 0 Å². The predicted molar refractivity (Wildman–Crippen MR) is 64.9 cm³/mol. The average Bonchev–Trinajstić information content (AvgIpc) is 2.57. The average molecular weight is 224 g/mol. The maximum absolute atomic E-state index is 11.7. The summed E-state index contributed by atoms with van der Waals surface area (Å²) in [4.78, 5) is 13.7. The van der Waals surface area contributed by atoms with Gasteiger partial charge in [0, 0.05) is 6.54 Å². The molecule has 1 aliphatic carbocycles. The second-order valence-electron chi connectivity index (χ2n) is 5.61. The quantitative estimate of drug-likeness (QED) is 0.795. The molecule has 1 heterocycles. The van der Waals surface area contributed by atoms with Crippen LogP contribution in [-0.4, -0.2) is 30.1 Å². The van der Waals surface area contributed by atoms with E-state index in [0.29, 0.717) is 0 Å². The molecule has 1 N–H and O–H groups in total. The van der Waals surface area contributed by atoms with Gasteiger partial charge in [0.1, 0.15) is 0 Å². The van der Waals surface area contributed by atoms with E-state index in [2.05, 4.69) is 12.2 Å². The minimum Gasteiger partial charge on any atom is -0.329 e. The lowest BCUT2D eigenvalue weighted by Crippen LogP contribution is -2.31. The van der Waals surface area contributed by atoms with E-state index in [4.69, 9.17) is 0 Å². The Morgan fingerprint density at radius 2 is 2.19 bits per heavy atom. The van der Waals surface area contributed by atoms with Crippen LogP contribution in [0.3, 0.4) is 0 Å². The molecule has 1 aliphatic heterocycles. The van der Waals surface area contributed by atoms with Crippen molar-refractivity contribution in [2.45, 2.75) is 52.0 Å². The minimum atomic E-state index is 0.0327. The van der Waals surface area contributed by atoms with Crippen molar-refractivity contribution in [3.05, 3.63) is 0 Å². The molecule has 2 fully saturated rings. The zero-order valence-electron chi connectivity index (χ0n) is 10.5. The highest BCUT2D eigenvalue weighted by molar-refractivity contribution is 5.83. The van der Waals surface area contributed by atoms with Crippen LogP contribution in [0.25, 0.3) is 0 Å². The molecule has 3 unspecified atom stereocenters. The van der Waals surface area contributed by atoms with Crippen molar-refractivity contribution in [1.29, 1.82) is 0 Å². The number of carbonyl (C=O) groups excluding carboxylic acids is 1. The fourth-order valence-corrected chi connectivity index (χ4v) is 3.04. The van der Waals surface area contributed by atoms with Gasteiger partial charge >= 0.3 is 0 Å². The lowest BCUT2D eigenvalue weighted by Gasteiger charge is -2.28. The molecule has 0 spiro atoms. The summed E-state index contributed by atoms with van der Waals surface area (Å²) in [6, 6.07) is 0.0327. The lowest BCUT2D eigenvalue weighted by atomic mass is 9.81. The smallest absolute Gasteiger partial charge is 0.240 e. The molecule has 1 saturated carbocycles. The Bertz CT molecular complexity index is 254. The number of rotatable bonds is 3.